The maximum atomic E-state index is 13.6. The zero-order chi connectivity index (χ0) is 19.4. The number of hydrogen-bond donors (Lipinski definition) is 2. The molecule has 0 aliphatic carbocycles. The predicted molar refractivity (Wildman–Crippen MR) is 95.9 cm³/mol. The number of nitrogens with zero attached hydrogens (tertiary/aromatic N) is 2. The summed E-state index contributed by atoms with van der Waals surface area (Å²) in [7, 11) is 0. The molecule has 27 heavy (non-hydrogen) atoms. The molecule has 0 atom stereocenters. The fourth-order valence-electron chi connectivity index (χ4n) is 2.93. The largest absolute Gasteiger partial charge is 0.366 e. The highest BCUT2D eigenvalue weighted by molar-refractivity contribution is 5.99. The lowest BCUT2D eigenvalue weighted by Crippen LogP contribution is -2.42. The standard InChI is InChI=1S/C18H17FN4O4/c19-14-6-2-1-5-13(14)18(25)21-20-17(24)12-7-8-15(16(11-12)23(26)27)22-9-3-4-10-22/h1-2,5-8,11H,3-4,9-10H2,(H,20,24)(H,21,25). The number of carbonyl (C=O) groups is 2. The third kappa shape index (κ3) is 4.02. The van der Waals surface area contributed by atoms with Crippen molar-refractivity contribution in [3.05, 3.63) is 69.5 Å². The number of anilines is 1. The molecule has 1 fully saturated rings. The second-order valence-corrected chi connectivity index (χ2v) is 6.04. The van der Waals surface area contributed by atoms with Gasteiger partial charge in [0.25, 0.3) is 17.5 Å². The Morgan fingerprint density at radius 2 is 1.70 bits per heavy atom. The van der Waals surface area contributed by atoms with Gasteiger partial charge in [0.2, 0.25) is 0 Å². The quantitative estimate of drug-likeness (QED) is 0.633. The van der Waals surface area contributed by atoms with Crippen LogP contribution in [-0.2, 0) is 0 Å². The van der Waals surface area contributed by atoms with Crippen LogP contribution in [0.4, 0.5) is 15.8 Å². The number of nitro benzene ring substituents is 1. The number of amides is 2. The highest BCUT2D eigenvalue weighted by atomic mass is 19.1. The van der Waals surface area contributed by atoms with Gasteiger partial charge in [-0.25, -0.2) is 4.39 Å². The van der Waals surface area contributed by atoms with Crippen LogP contribution in [0.1, 0.15) is 33.6 Å². The van der Waals surface area contributed by atoms with E-state index in [1.165, 1.54) is 30.3 Å². The molecule has 1 aliphatic heterocycles. The number of carbonyl (C=O) groups excluding carboxylic acids is 2. The summed E-state index contributed by atoms with van der Waals surface area (Å²) in [6, 6.07) is 9.45. The molecule has 0 radical (unpaired) electrons. The van der Waals surface area contributed by atoms with Crippen molar-refractivity contribution in [2.24, 2.45) is 0 Å². The monoisotopic (exact) mass is 372 g/mol. The summed E-state index contributed by atoms with van der Waals surface area (Å²) in [5, 5.41) is 11.4. The van der Waals surface area contributed by atoms with E-state index in [1.807, 2.05) is 4.90 Å². The number of hydrogen-bond acceptors (Lipinski definition) is 5. The summed E-state index contributed by atoms with van der Waals surface area (Å²) >= 11 is 0. The Labute approximate surface area is 154 Å². The lowest BCUT2D eigenvalue weighted by atomic mass is 10.1. The minimum Gasteiger partial charge on any atom is -0.366 e. The number of rotatable bonds is 4. The van der Waals surface area contributed by atoms with Gasteiger partial charge in [-0.2, -0.15) is 0 Å². The van der Waals surface area contributed by atoms with Gasteiger partial charge in [0, 0.05) is 24.7 Å². The van der Waals surface area contributed by atoms with E-state index in [1.54, 1.807) is 0 Å². The van der Waals surface area contributed by atoms with Crippen molar-refractivity contribution < 1.29 is 18.9 Å². The van der Waals surface area contributed by atoms with Crippen molar-refractivity contribution in [3.8, 4) is 0 Å². The number of benzene rings is 2. The molecule has 0 aromatic heterocycles. The SMILES string of the molecule is O=C(NNC(=O)c1ccccc1F)c1ccc(N2CCCC2)c([N+](=O)[O-])c1. The van der Waals surface area contributed by atoms with Crippen molar-refractivity contribution in [1.82, 2.24) is 10.9 Å². The van der Waals surface area contributed by atoms with E-state index in [-0.39, 0.29) is 16.8 Å². The Bertz CT molecular complexity index is 897. The average Bonchev–Trinajstić information content (AvgIpc) is 3.20. The van der Waals surface area contributed by atoms with Crippen LogP contribution in [0.15, 0.2) is 42.5 Å². The van der Waals surface area contributed by atoms with Gasteiger partial charge in [0.05, 0.1) is 10.5 Å². The number of nitro groups is 1. The van der Waals surface area contributed by atoms with Gasteiger partial charge in [0.15, 0.2) is 0 Å². The smallest absolute Gasteiger partial charge is 0.293 e. The molecule has 140 valence electrons. The molecule has 0 unspecified atom stereocenters. The zero-order valence-corrected chi connectivity index (χ0v) is 14.3. The highest BCUT2D eigenvalue weighted by Gasteiger charge is 2.24. The van der Waals surface area contributed by atoms with E-state index < -0.39 is 22.6 Å². The van der Waals surface area contributed by atoms with Crippen LogP contribution in [0.3, 0.4) is 0 Å². The van der Waals surface area contributed by atoms with Crippen LogP contribution in [0.5, 0.6) is 0 Å². The second-order valence-electron chi connectivity index (χ2n) is 6.04. The van der Waals surface area contributed by atoms with E-state index in [2.05, 4.69) is 10.9 Å². The Morgan fingerprint density at radius 1 is 1.04 bits per heavy atom. The molecule has 1 aliphatic rings. The van der Waals surface area contributed by atoms with Gasteiger partial charge in [-0.1, -0.05) is 12.1 Å². The fraction of sp³-hybridized carbons (Fsp3) is 0.222. The van der Waals surface area contributed by atoms with Crippen LogP contribution in [0.2, 0.25) is 0 Å². The molecule has 0 saturated carbocycles. The molecule has 0 bridgehead atoms. The van der Waals surface area contributed by atoms with Gasteiger partial charge < -0.3 is 4.90 Å². The summed E-state index contributed by atoms with van der Waals surface area (Å²) in [6.07, 6.45) is 1.92. The van der Waals surface area contributed by atoms with E-state index in [0.29, 0.717) is 5.69 Å². The molecule has 1 saturated heterocycles. The summed E-state index contributed by atoms with van der Waals surface area (Å²) in [4.78, 5) is 36.9. The molecule has 2 aromatic rings. The van der Waals surface area contributed by atoms with Crippen molar-refractivity contribution >= 4 is 23.2 Å². The van der Waals surface area contributed by atoms with Crippen LogP contribution in [0, 0.1) is 15.9 Å². The van der Waals surface area contributed by atoms with Gasteiger partial charge in [0.1, 0.15) is 11.5 Å². The van der Waals surface area contributed by atoms with Crippen molar-refractivity contribution in [2.75, 3.05) is 18.0 Å². The van der Waals surface area contributed by atoms with E-state index in [0.717, 1.165) is 38.1 Å². The van der Waals surface area contributed by atoms with E-state index in [9.17, 15) is 24.1 Å². The Hall–Kier alpha value is -3.49. The summed E-state index contributed by atoms with van der Waals surface area (Å²) in [5.74, 6) is -2.30. The minimum atomic E-state index is -0.829. The van der Waals surface area contributed by atoms with Gasteiger partial charge >= 0.3 is 0 Å². The van der Waals surface area contributed by atoms with Crippen LogP contribution in [-0.4, -0.2) is 29.8 Å². The summed E-state index contributed by atoms with van der Waals surface area (Å²) < 4.78 is 13.6. The molecule has 0 spiro atoms. The maximum absolute atomic E-state index is 13.6. The summed E-state index contributed by atoms with van der Waals surface area (Å²) in [5.41, 5.74) is 4.31. The van der Waals surface area contributed by atoms with Crippen LogP contribution in [0.25, 0.3) is 0 Å². The molecule has 3 rings (SSSR count). The molecule has 2 aromatic carbocycles. The molecule has 9 heteroatoms. The van der Waals surface area contributed by atoms with Gasteiger partial charge in [-0.05, 0) is 37.1 Å². The average molecular weight is 372 g/mol. The number of hydrazine groups is 1. The Balaban J connectivity index is 1.73. The third-order valence-corrected chi connectivity index (χ3v) is 4.29. The molecule has 8 nitrogen and oxygen atoms in total. The number of halogens is 1. The van der Waals surface area contributed by atoms with Gasteiger partial charge in [-0.3, -0.25) is 30.6 Å². The van der Waals surface area contributed by atoms with Crippen molar-refractivity contribution in [1.29, 1.82) is 0 Å². The van der Waals surface area contributed by atoms with Crippen molar-refractivity contribution in [2.45, 2.75) is 12.8 Å². The third-order valence-electron chi connectivity index (χ3n) is 4.29. The molecule has 2 amide bonds. The van der Waals surface area contributed by atoms with Crippen LogP contribution < -0.4 is 15.8 Å². The first-order chi connectivity index (χ1) is 13.0. The molecule has 1 heterocycles. The van der Waals surface area contributed by atoms with Crippen LogP contribution >= 0.6 is 0 Å². The first-order valence-electron chi connectivity index (χ1n) is 8.36. The van der Waals surface area contributed by atoms with Gasteiger partial charge in [-0.15, -0.1) is 0 Å². The highest BCUT2D eigenvalue weighted by Crippen LogP contribution is 2.31. The lowest BCUT2D eigenvalue weighted by Gasteiger charge is -2.17. The second kappa shape index (κ2) is 7.81. The topological polar surface area (TPSA) is 105 Å². The number of nitrogens with one attached hydrogen (secondary N) is 2. The van der Waals surface area contributed by atoms with E-state index >= 15 is 0 Å². The fourth-order valence-corrected chi connectivity index (χ4v) is 2.93. The first-order valence-corrected chi connectivity index (χ1v) is 8.36. The Kier molecular flexibility index (Phi) is 5.30. The summed E-state index contributed by atoms with van der Waals surface area (Å²) in [6.45, 7) is 1.45. The lowest BCUT2D eigenvalue weighted by molar-refractivity contribution is -0.384. The molecular formula is C18H17FN4O4. The maximum Gasteiger partial charge on any atom is 0.293 e. The van der Waals surface area contributed by atoms with E-state index in [4.69, 9.17) is 0 Å². The predicted octanol–water partition coefficient (Wildman–Crippen LogP) is 2.41. The zero-order valence-electron chi connectivity index (χ0n) is 14.3. The molecular weight excluding hydrogens is 355 g/mol. The van der Waals surface area contributed by atoms with Crippen molar-refractivity contribution in [3.63, 3.8) is 0 Å². The minimum absolute atomic E-state index is 0.0125. The normalized spacial score (nSPS) is 13.3. The first kappa shape index (κ1) is 18.3. The Morgan fingerprint density at radius 3 is 2.37 bits per heavy atom. The molecule has 2 N–H and O–H groups in total.